The molecular formula is C22H21Cl2N3O3. The summed E-state index contributed by atoms with van der Waals surface area (Å²) in [7, 11) is 0. The first-order chi connectivity index (χ1) is 14.3. The van der Waals surface area contributed by atoms with Crippen molar-refractivity contribution in [3.8, 4) is 5.69 Å². The van der Waals surface area contributed by atoms with Gasteiger partial charge in [-0.2, -0.15) is 5.10 Å². The Morgan fingerprint density at radius 1 is 1.07 bits per heavy atom. The third kappa shape index (κ3) is 5.40. The molecule has 2 aromatic carbocycles. The number of esters is 1. The minimum Gasteiger partial charge on any atom is -0.455 e. The van der Waals surface area contributed by atoms with Crippen molar-refractivity contribution in [1.29, 1.82) is 0 Å². The average Bonchev–Trinajstić information content (AvgIpc) is 3.01. The van der Waals surface area contributed by atoms with E-state index in [-0.39, 0.29) is 18.9 Å². The zero-order valence-corrected chi connectivity index (χ0v) is 18.1. The van der Waals surface area contributed by atoms with Crippen molar-refractivity contribution in [2.24, 2.45) is 0 Å². The Morgan fingerprint density at radius 2 is 1.80 bits per heavy atom. The standard InChI is InChI=1S/C22H21Cl2N3O3/c1-14-18(15(2)27(26-14)17-8-9-19(23)20(24)10-17)11-22(29)30-13-21(28)25-12-16-6-4-3-5-7-16/h3-10H,11-13H2,1-2H3,(H,25,28). The van der Waals surface area contributed by atoms with Gasteiger partial charge in [0.05, 0.1) is 27.8 Å². The van der Waals surface area contributed by atoms with E-state index in [1.165, 1.54) is 0 Å². The Balaban J connectivity index is 1.58. The summed E-state index contributed by atoms with van der Waals surface area (Å²) < 4.78 is 6.83. The molecule has 0 atom stereocenters. The number of halogens is 2. The maximum absolute atomic E-state index is 12.3. The van der Waals surface area contributed by atoms with Crippen LogP contribution in [0.4, 0.5) is 0 Å². The van der Waals surface area contributed by atoms with Gasteiger partial charge in [-0.05, 0) is 37.6 Å². The van der Waals surface area contributed by atoms with E-state index >= 15 is 0 Å². The number of benzene rings is 2. The summed E-state index contributed by atoms with van der Waals surface area (Å²) in [5.41, 5.74) is 3.94. The molecule has 3 rings (SSSR count). The molecular weight excluding hydrogens is 425 g/mol. The number of hydrogen-bond donors (Lipinski definition) is 1. The van der Waals surface area contributed by atoms with Crippen LogP contribution in [0.3, 0.4) is 0 Å². The van der Waals surface area contributed by atoms with E-state index in [1.54, 1.807) is 22.9 Å². The highest BCUT2D eigenvalue weighted by molar-refractivity contribution is 6.42. The van der Waals surface area contributed by atoms with Crippen LogP contribution < -0.4 is 5.32 Å². The van der Waals surface area contributed by atoms with Crippen LogP contribution in [-0.2, 0) is 27.3 Å². The average molecular weight is 446 g/mol. The molecule has 0 saturated carbocycles. The number of carbonyl (C=O) groups is 2. The van der Waals surface area contributed by atoms with Gasteiger partial charge in [-0.25, -0.2) is 4.68 Å². The van der Waals surface area contributed by atoms with Crippen LogP contribution in [-0.4, -0.2) is 28.3 Å². The van der Waals surface area contributed by atoms with E-state index in [9.17, 15) is 9.59 Å². The Bertz CT molecular complexity index is 1060. The van der Waals surface area contributed by atoms with Gasteiger partial charge in [-0.3, -0.25) is 9.59 Å². The van der Waals surface area contributed by atoms with Crippen LogP contribution >= 0.6 is 23.2 Å². The van der Waals surface area contributed by atoms with Crippen molar-refractivity contribution < 1.29 is 14.3 Å². The Hall–Kier alpha value is -2.83. The van der Waals surface area contributed by atoms with E-state index in [1.807, 2.05) is 44.2 Å². The van der Waals surface area contributed by atoms with Crippen molar-refractivity contribution >= 4 is 35.1 Å². The lowest BCUT2D eigenvalue weighted by molar-refractivity contribution is -0.147. The number of hydrogen-bond acceptors (Lipinski definition) is 4. The normalized spacial score (nSPS) is 10.7. The highest BCUT2D eigenvalue weighted by Crippen LogP contribution is 2.26. The first kappa shape index (κ1) is 21.9. The van der Waals surface area contributed by atoms with Gasteiger partial charge in [0.1, 0.15) is 0 Å². The van der Waals surface area contributed by atoms with Crippen molar-refractivity contribution in [3.05, 3.63) is 81.1 Å². The molecule has 0 bridgehead atoms. The Morgan fingerprint density at radius 3 is 2.50 bits per heavy atom. The number of nitrogens with zero attached hydrogens (tertiary/aromatic N) is 2. The van der Waals surface area contributed by atoms with Gasteiger partial charge in [0.2, 0.25) is 0 Å². The molecule has 1 amide bonds. The molecule has 1 N–H and O–H groups in total. The molecule has 1 aromatic heterocycles. The van der Waals surface area contributed by atoms with Gasteiger partial charge in [0.25, 0.3) is 5.91 Å². The second-order valence-corrected chi connectivity index (χ2v) is 7.57. The molecule has 30 heavy (non-hydrogen) atoms. The molecule has 0 radical (unpaired) electrons. The molecule has 0 spiro atoms. The van der Waals surface area contributed by atoms with Gasteiger partial charge >= 0.3 is 5.97 Å². The van der Waals surface area contributed by atoms with E-state index < -0.39 is 5.97 Å². The zero-order chi connectivity index (χ0) is 21.7. The highest BCUT2D eigenvalue weighted by atomic mass is 35.5. The lowest BCUT2D eigenvalue weighted by Crippen LogP contribution is -2.28. The topological polar surface area (TPSA) is 73.2 Å². The molecule has 0 fully saturated rings. The number of amides is 1. The van der Waals surface area contributed by atoms with Crippen molar-refractivity contribution in [1.82, 2.24) is 15.1 Å². The molecule has 0 saturated heterocycles. The van der Waals surface area contributed by atoms with Crippen molar-refractivity contribution in [2.75, 3.05) is 6.61 Å². The van der Waals surface area contributed by atoms with Gasteiger partial charge in [-0.1, -0.05) is 53.5 Å². The molecule has 0 aliphatic heterocycles. The maximum atomic E-state index is 12.3. The maximum Gasteiger partial charge on any atom is 0.310 e. The summed E-state index contributed by atoms with van der Waals surface area (Å²) >= 11 is 12.1. The lowest BCUT2D eigenvalue weighted by Gasteiger charge is -2.08. The van der Waals surface area contributed by atoms with Gasteiger partial charge < -0.3 is 10.1 Å². The largest absolute Gasteiger partial charge is 0.455 e. The van der Waals surface area contributed by atoms with Crippen LogP contribution in [0.2, 0.25) is 10.0 Å². The number of aryl methyl sites for hydroxylation is 1. The second-order valence-electron chi connectivity index (χ2n) is 6.76. The zero-order valence-electron chi connectivity index (χ0n) is 16.6. The van der Waals surface area contributed by atoms with Crippen LogP contribution in [0, 0.1) is 13.8 Å². The summed E-state index contributed by atoms with van der Waals surface area (Å²) in [6.07, 6.45) is 0.0188. The fourth-order valence-corrected chi connectivity index (χ4v) is 3.28. The first-order valence-corrected chi connectivity index (χ1v) is 10.1. The van der Waals surface area contributed by atoms with Crippen molar-refractivity contribution in [2.45, 2.75) is 26.8 Å². The fraction of sp³-hybridized carbons (Fsp3) is 0.227. The molecule has 0 aliphatic rings. The number of carbonyl (C=O) groups excluding carboxylic acids is 2. The van der Waals surface area contributed by atoms with E-state index in [2.05, 4.69) is 10.4 Å². The number of aromatic nitrogens is 2. The molecule has 6 nitrogen and oxygen atoms in total. The minimum absolute atomic E-state index is 0.0188. The van der Waals surface area contributed by atoms with Crippen LogP contribution in [0.15, 0.2) is 48.5 Å². The smallest absolute Gasteiger partial charge is 0.310 e. The summed E-state index contributed by atoms with van der Waals surface area (Å²) in [5.74, 6) is -0.850. The molecule has 0 aliphatic carbocycles. The van der Waals surface area contributed by atoms with Crippen molar-refractivity contribution in [3.63, 3.8) is 0 Å². The Kier molecular flexibility index (Phi) is 7.13. The third-order valence-corrected chi connectivity index (χ3v) is 5.35. The number of rotatable bonds is 7. The van der Waals surface area contributed by atoms with Crippen LogP contribution in [0.25, 0.3) is 5.69 Å². The summed E-state index contributed by atoms with van der Waals surface area (Å²) in [6.45, 7) is 3.73. The highest BCUT2D eigenvalue weighted by Gasteiger charge is 2.18. The van der Waals surface area contributed by atoms with Crippen LogP contribution in [0.5, 0.6) is 0 Å². The number of nitrogens with one attached hydrogen (secondary N) is 1. The molecule has 8 heteroatoms. The van der Waals surface area contributed by atoms with Gasteiger partial charge in [-0.15, -0.1) is 0 Å². The second kappa shape index (κ2) is 9.78. The molecule has 3 aromatic rings. The van der Waals surface area contributed by atoms with Gasteiger partial charge in [0, 0.05) is 17.8 Å². The predicted molar refractivity (Wildman–Crippen MR) is 116 cm³/mol. The third-order valence-electron chi connectivity index (χ3n) is 4.61. The number of ether oxygens (including phenoxy) is 1. The molecule has 156 valence electrons. The van der Waals surface area contributed by atoms with E-state index in [0.717, 1.165) is 22.5 Å². The first-order valence-electron chi connectivity index (χ1n) is 9.32. The van der Waals surface area contributed by atoms with E-state index in [4.69, 9.17) is 27.9 Å². The monoisotopic (exact) mass is 445 g/mol. The van der Waals surface area contributed by atoms with Gasteiger partial charge in [0.15, 0.2) is 6.61 Å². The fourth-order valence-electron chi connectivity index (χ4n) is 2.99. The Labute approximate surface area is 184 Å². The van der Waals surface area contributed by atoms with E-state index in [0.29, 0.717) is 22.3 Å². The predicted octanol–water partition coefficient (Wildman–Crippen LogP) is 4.20. The molecule has 0 unspecified atom stereocenters. The van der Waals surface area contributed by atoms with Crippen LogP contribution in [0.1, 0.15) is 22.5 Å². The summed E-state index contributed by atoms with van der Waals surface area (Å²) in [5, 5.41) is 8.09. The summed E-state index contributed by atoms with van der Waals surface area (Å²) in [4.78, 5) is 24.2. The minimum atomic E-state index is -0.496. The summed E-state index contributed by atoms with van der Waals surface area (Å²) in [6, 6.07) is 14.7. The lowest BCUT2D eigenvalue weighted by atomic mass is 10.1. The molecule has 1 heterocycles. The quantitative estimate of drug-likeness (QED) is 0.553. The SMILES string of the molecule is Cc1nn(-c2ccc(Cl)c(Cl)c2)c(C)c1CC(=O)OCC(=O)NCc1ccccc1.